The molecule has 1 N–H and O–H groups in total. The van der Waals surface area contributed by atoms with Gasteiger partial charge >= 0.3 is 5.69 Å². The number of pyridine rings is 2. The highest BCUT2D eigenvalue weighted by atomic mass is 16.1. The molecule has 0 radical (unpaired) electrons. The third kappa shape index (κ3) is 2.71. The number of imidazole rings is 1. The smallest absolute Gasteiger partial charge is 0.308 e. The Hall–Kier alpha value is -2.47. The van der Waals surface area contributed by atoms with Crippen molar-refractivity contribution in [2.75, 3.05) is 20.6 Å². The van der Waals surface area contributed by atoms with Crippen LogP contribution in [0.15, 0.2) is 41.6 Å². The summed E-state index contributed by atoms with van der Waals surface area (Å²) in [6.07, 6.45) is 5.27. The van der Waals surface area contributed by atoms with E-state index in [4.69, 9.17) is 0 Å². The molecule has 0 atom stereocenters. The van der Waals surface area contributed by atoms with Crippen molar-refractivity contribution in [3.63, 3.8) is 0 Å². The minimum Gasteiger partial charge on any atom is -0.308 e. The highest BCUT2D eigenvalue weighted by molar-refractivity contribution is 5.77. The zero-order valence-electron chi connectivity index (χ0n) is 12.1. The highest BCUT2D eigenvalue weighted by Crippen LogP contribution is 2.20. The maximum Gasteiger partial charge on any atom is 0.327 e. The Bertz CT molecular complexity index is 804. The summed E-state index contributed by atoms with van der Waals surface area (Å²) in [5.74, 6) is 0. The molecule has 0 aliphatic heterocycles. The van der Waals surface area contributed by atoms with Crippen molar-refractivity contribution >= 4 is 11.2 Å². The Balaban J connectivity index is 2.02. The predicted octanol–water partition coefficient (Wildman–Crippen LogP) is 1.35. The zero-order valence-corrected chi connectivity index (χ0v) is 12.1. The third-order valence-electron chi connectivity index (χ3n) is 3.39. The fourth-order valence-corrected chi connectivity index (χ4v) is 2.25. The number of aromatic amines is 1. The molecule has 3 aromatic heterocycles. The van der Waals surface area contributed by atoms with E-state index in [1.54, 1.807) is 23.2 Å². The average molecular weight is 283 g/mol. The van der Waals surface area contributed by atoms with E-state index in [1.807, 2.05) is 37.2 Å². The Morgan fingerprint density at radius 1 is 1.24 bits per heavy atom. The van der Waals surface area contributed by atoms with Crippen LogP contribution >= 0.6 is 0 Å². The summed E-state index contributed by atoms with van der Waals surface area (Å²) in [5, 5.41) is 0. The van der Waals surface area contributed by atoms with Gasteiger partial charge in [-0.2, -0.15) is 0 Å². The van der Waals surface area contributed by atoms with Gasteiger partial charge in [-0.25, -0.2) is 9.78 Å². The molecule has 0 amide bonds. The third-order valence-corrected chi connectivity index (χ3v) is 3.39. The molecule has 0 aromatic carbocycles. The maximum atomic E-state index is 12.0. The topological polar surface area (TPSA) is 66.8 Å². The number of nitrogens with one attached hydrogen (secondary N) is 1. The quantitative estimate of drug-likeness (QED) is 0.785. The number of rotatable bonds is 4. The Morgan fingerprint density at radius 3 is 2.71 bits per heavy atom. The molecule has 0 bridgehead atoms. The van der Waals surface area contributed by atoms with Gasteiger partial charge in [-0.1, -0.05) is 0 Å². The number of aromatic nitrogens is 4. The van der Waals surface area contributed by atoms with Crippen molar-refractivity contribution in [2.45, 2.75) is 6.54 Å². The van der Waals surface area contributed by atoms with Crippen LogP contribution in [-0.4, -0.2) is 45.1 Å². The second-order valence-electron chi connectivity index (χ2n) is 5.22. The number of nitrogens with zero attached hydrogens (tertiary/aromatic N) is 4. The van der Waals surface area contributed by atoms with Crippen molar-refractivity contribution in [3.8, 4) is 11.1 Å². The molecule has 3 aromatic rings. The van der Waals surface area contributed by atoms with Gasteiger partial charge < -0.3 is 9.88 Å². The summed E-state index contributed by atoms with van der Waals surface area (Å²) in [6.45, 7) is 1.41. The molecule has 0 fully saturated rings. The largest absolute Gasteiger partial charge is 0.327 e. The molecule has 6 nitrogen and oxygen atoms in total. The van der Waals surface area contributed by atoms with Crippen LogP contribution in [-0.2, 0) is 6.54 Å². The lowest BCUT2D eigenvalue weighted by Gasteiger charge is -2.09. The minimum atomic E-state index is -0.119. The van der Waals surface area contributed by atoms with Gasteiger partial charge in [0.1, 0.15) is 0 Å². The van der Waals surface area contributed by atoms with Crippen LogP contribution in [0.1, 0.15) is 0 Å². The van der Waals surface area contributed by atoms with Crippen LogP contribution in [0.3, 0.4) is 0 Å². The Labute approximate surface area is 122 Å². The molecule has 0 aliphatic carbocycles. The lowest BCUT2D eigenvalue weighted by Crippen LogP contribution is -2.24. The van der Waals surface area contributed by atoms with Gasteiger partial charge in [-0.15, -0.1) is 0 Å². The molecule has 3 rings (SSSR count). The zero-order chi connectivity index (χ0) is 14.8. The number of fused-ring (bicyclic) bond motifs is 1. The molecule has 0 spiro atoms. The van der Waals surface area contributed by atoms with E-state index in [1.165, 1.54) is 0 Å². The first-order valence-corrected chi connectivity index (χ1v) is 6.79. The maximum absolute atomic E-state index is 12.0. The van der Waals surface area contributed by atoms with Crippen LogP contribution in [0.5, 0.6) is 0 Å². The van der Waals surface area contributed by atoms with E-state index in [2.05, 4.69) is 15.0 Å². The number of likely N-dealkylation sites (N-methyl/N-ethyl adjacent to an activating group) is 1. The number of hydrogen-bond acceptors (Lipinski definition) is 4. The van der Waals surface area contributed by atoms with E-state index in [-0.39, 0.29) is 5.69 Å². The van der Waals surface area contributed by atoms with Gasteiger partial charge in [0, 0.05) is 37.2 Å². The van der Waals surface area contributed by atoms with Gasteiger partial charge in [0.15, 0.2) is 5.65 Å². The average Bonchev–Trinajstić information content (AvgIpc) is 2.80. The highest BCUT2D eigenvalue weighted by Gasteiger charge is 2.09. The molecule has 108 valence electrons. The minimum absolute atomic E-state index is 0.119. The van der Waals surface area contributed by atoms with E-state index >= 15 is 0 Å². The van der Waals surface area contributed by atoms with Crippen LogP contribution in [0.4, 0.5) is 0 Å². The first-order valence-electron chi connectivity index (χ1n) is 6.79. The van der Waals surface area contributed by atoms with E-state index in [0.717, 1.165) is 23.2 Å². The molecular weight excluding hydrogens is 266 g/mol. The molecule has 0 saturated heterocycles. The molecular formula is C15H17N5O. The summed E-state index contributed by atoms with van der Waals surface area (Å²) >= 11 is 0. The Morgan fingerprint density at radius 2 is 2.00 bits per heavy atom. The summed E-state index contributed by atoms with van der Waals surface area (Å²) in [6, 6.07) is 5.79. The standard InChI is InChI=1S/C15H17N5O/c1-19(2)7-8-20-14-13(18-15(20)21)9-12(10-17-14)11-3-5-16-6-4-11/h3-6,9-10H,7-8H2,1-2H3,(H,18,21). The van der Waals surface area contributed by atoms with E-state index in [0.29, 0.717) is 12.2 Å². The van der Waals surface area contributed by atoms with E-state index in [9.17, 15) is 4.79 Å². The van der Waals surface area contributed by atoms with Crippen molar-refractivity contribution in [1.29, 1.82) is 0 Å². The van der Waals surface area contributed by atoms with Crippen LogP contribution < -0.4 is 5.69 Å². The normalized spacial score (nSPS) is 11.4. The molecule has 0 saturated carbocycles. The first-order chi connectivity index (χ1) is 10.1. The molecule has 0 unspecified atom stereocenters. The van der Waals surface area contributed by atoms with Gasteiger partial charge in [0.25, 0.3) is 0 Å². The van der Waals surface area contributed by atoms with Gasteiger partial charge in [0.05, 0.1) is 5.52 Å². The van der Waals surface area contributed by atoms with Gasteiger partial charge in [-0.3, -0.25) is 9.55 Å². The fraction of sp³-hybridized carbons (Fsp3) is 0.267. The van der Waals surface area contributed by atoms with Crippen LogP contribution in [0.25, 0.3) is 22.3 Å². The predicted molar refractivity (Wildman–Crippen MR) is 82.1 cm³/mol. The lowest BCUT2D eigenvalue weighted by atomic mass is 10.1. The second kappa shape index (κ2) is 5.49. The van der Waals surface area contributed by atoms with Gasteiger partial charge in [0.2, 0.25) is 0 Å². The summed E-state index contributed by atoms with van der Waals surface area (Å²) in [7, 11) is 3.96. The first kappa shape index (κ1) is 13.5. The van der Waals surface area contributed by atoms with Crippen LogP contribution in [0.2, 0.25) is 0 Å². The van der Waals surface area contributed by atoms with E-state index < -0.39 is 0 Å². The van der Waals surface area contributed by atoms with Crippen molar-refractivity contribution in [1.82, 2.24) is 24.4 Å². The second-order valence-corrected chi connectivity index (χ2v) is 5.22. The van der Waals surface area contributed by atoms with Crippen LogP contribution in [0, 0.1) is 0 Å². The van der Waals surface area contributed by atoms with Crippen molar-refractivity contribution in [2.24, 2.45) is 0 Å². The fourth-order valence-electron chi connectivity index (χ4n) is 2.25. The monoisotopic (exact) mass is 283 g/mol. The summed E-state index contributed by atoms with van der Waals surface area (Å²) in [5.41, 5.74) is 3.33. The molecule has 0 aliphatic rings. The Kier molecular flexibility index (Phi) is 3.53. The van der Waals surface area contributed by atoms with Gasteiger partial charge in [-0.05, 0) is 37.9 Å². The number of H-pyrrole nitrogens is 1. The molecule has 21 heavy (non-hydrogen) atoms. The summed E-state index contributed by atoms with van der Waals surface area (Å²) < 4.78 is 1.67. The summed E-state index contributed by atoms with van der Waals surface area (Å²) in [4.78, 5) is 25.4. The van der Waals surface area contributed by atoms with Crippen molar-refractivity contribution < 1.29 is 0 Å². The van der Waals surface area contributed by atoms with Crippen molar-refractivity contribution in [3.05, 3.63) is 47.3 Å². The SMILES string of the molecule is CN(C)CCn1c(=O)[nH]c2cc(-c3ccncc3)cnc21. The molecule has 3 heterocycles. The molecule has 6 heteroatoms. The number of hydrogen-bond donors (Lipinski definition) is 1. The lowest BCUT2D eigenvalue weighted by molar-refractivity contribution is 0.383.